The molecule has 0 spiro atoms. The second kappa shape index (κ2) is 8.63. The molecular weight excluding hydrogens is 302 g/mol. The Morgan fingerprint density at radius 2 is 1.82 bits per heavy atom. The summed E-state index contributed by atoms with van der Waals surface area (Å²) in [5.41, 5.74) is 1.45. The zero-order chi connectivity index (χ0) is 16.7. The van der Waals surface area contributed by atoms with Crippen LogP contribution in [-0.2, 0) is 9.59 Å². The van der Waals surface area contributed by atoms with Gasteiger partial charge in [-0.3, -0.25) is 9.59 Å². The molecule has 2 amide bonds. The van der Waals surface area contributed by atoms with Gasteiger partial charge >= 0.3 is 0 Å². The van der Waals surface area contributed by atoms with Crippen molar-refractivity contribution in [2.24, 2.45) is 0 Å². The van der Waals surface area contributed by atoms with Gasteiger partial charge in [-0.05, 0) is 32.4 Å². The molecule has 1 aromatic carbocycles. The van der Waals surface area contributed by atoms with Gasteiger partial charge in [0.2, 0.25) is 11.8 Å². The summed E-state index contributed by atoms with van der Waals surface area (Å²) in [4.78, 5) is 25.4. The average Bonchev–Trinajstić information content (AvgIpc) is 2.37. The molecule has 0 atom stereocenters. The number of halogens is 1. The first-order chi connectivity index (χ1) is 10.3. The Hall–Kier alpha value is -1.75. The lowest BCUT2D eigenvalue weighted by molar-refractivity contribution is -0.121. The number of nitrogens with one attached hydrogen (secondary N) is 2. The fourth-order valence-corrected chi connectivity index (χ4v) is 2.43. The Labute approximate surface area is 137 Å². The van der Waals surface area contributed by atoms with E-state index in [0.29, 0.717) is 30.0 Å². The monoisotopic (exact) mass is 325 g/mol. The highest BCUT2D eigenvalue weighted by atomic mass is 35.5. The Kier molecular flexibility index (Phi) is 7.18. The van der Waals surface area contributed by atoms with Crippen molar-refractivity contribution in [1.82, 2.24) is 5.32 Å². The maximum absolute atomic E-state index is 12.0. The van der Waals surface area contributed by atoms with E-state index in [1.807, 2.05) is 38.9 Å². The molecule has 0 bridgehead atoms. The molecule has 1 rings (SSSR count). The van der Waals surface area contributed by atoms with Crippen LogP contribution in [0.25, 0.3) is 0 Å². The van der Waals surface area contributed by atoms with Crippen molar-refractivity contribution in [2.75, 3.05) is 24.3 Å². The average molecular weight is 326 g/mol. The first-order valence-electron chi connectivity index (χ1n) is 7.36. The minimum atomic E-state index is -0.122. The second-order valence-corrected chi connectivity index (χ2v) is 6.06. The molecule has 0 aliphatic rings. The molecule has 0 saturated heterocycles. The molecular formula is C16H24ClN3O2. The number of nitrogens with zero attached hydrogens (tertiary/aromatic N) is 1. The molecule has 22 heavy (non-hydrogen) atoms. The molecule has 1 aromatic rings. The van der Waals surface area contributed by atoms with E-state index in [4.69, 9.17) is 11.6 Å². The van der Waals surface area contributed by atoms with E-state index in [0.717, 1.165) is 5.69 Å². The molecule has 0 aliphatic heterocycles. The van der Waals surface area contributed by atoms with Crippen molar-refractivity contribution in [1.29, 1.82) is 0 Å². The third-order valence-electron chi connectivity index (χ3n) is 2.97. The Morgan fingerprint density at radius 3 is 2.41 bits per heavy atom. The van der Waals surface area contributed by atoms with E-state index < -0.39 is 0 Å². The van der Waals surface area contributed by atoms with E-state index in [-0.39, 0.29) is 17.9 Å². The summed E-state index contributed by atoms with van der Waals surface area (Å²) in [5, 5.41) is 6.24. The zero-order valence-electron chi connectivity index (χ0n) is 13.6. The minimum Gasteiger partial charge on any atom is -0.375 e. The summed E-state index contributed by atoms with van der Waals surface area (Å²) >= 11 is 6.16. The van der Waals surface area contributed by atoms with Gasteiger partial charge in [-0.15, -0.1) is 0 Å². The highest BCUT2D eigenvalue weighted by Gasteiger charge is 2.12. The molecule has 2 N–H and O–H groups in total. The van der Waals surface area contributed by atoms with Gasteiger partial charge in [0, 0.05) is 33.0 Å². The lowest BCUT2D eigenvalue weighted by Gasteiger charge is -2.19. The Balaban J connectivity index is 2.53. The largest absolute Gasteiger partial charge is 0.375 e. The maximum atomic E-state index is 12.0. The molecule has 122 valence electrons. The van der Waals surface area contributed by atoms with Gasteiger partial charge in [0.1, 0.15) is 0 Å². The summed E-state index contributed by atoms with van der Waals surface area (Å²) in [6.45, 7) is 3.82. The van der Waals surface area contributed by atoms with Gasteiger partial charge in [0.05, 0.1) is 16.4 Å². The molecule has 0 radical (unpaired) electrons. The Bertz CT molecular complexity index is 530. The van der Waals surface area contributed by atoms with Crippen LogP contribution in [0.2, 0.25) is 5.02 Å². The Morgan fingerprint density at radius 1 is 1.18 bits per heavy atom. The molecule has 0 saturated carbocycles. The SMILES string of the molecule is CC(C)NC(=O)CCCC(=O)Nc1cccc(Cl)c1N(C)C. The smallest absolute Gasteiger partial charge is 0.224 e. The fourth-order valence-electron chi connectivity index (χ4n) is 2.09. The van der Waals surface area contributed by atoms with Crippen LogP contribution in [-0.4, -0.2) is 32.0 Å². The van der Waals surface area contributed by atoms with Crippen molar-refractivity contribution in [3.05, 3.63) is 23.2 Å². The molecule has 0 aromatic heterocycles. The van der Waals surface area contributed by atoms with Gasteiger partial charge < -0.3 is 15.5 Å². The van der Waals surface area contributed by atoms with Crippen LogP contribution in [0.4, 0.5) is 11.4 Å². The molecule has 5 nitrogen and oxygen atoms in total. The van der Waals surface area contributed by atoms with Gasteiger partial charge in [-0.25, -0.2) is 0 Å². The predicted molar refractivity (Wildman–Crippen MR) is 91.5 cm³/mol. The minimum absolute atomic E-state index is 0.0282. The van der Waals surface area contributed by atoms with Gasteiger partial charge in [0.15, 0.2) is 0 Å². The third kappa shape index (κ3) is 5.93. The van der Waals surface area contributed by atoms with E-state index in [1.165, 1.54) is 0 Å². The number of carbonyl (C=O) groups is 2. The lowest BCUT2D eigenvalue weighted by atomic mass is 10.2. The van der Waals surface area contributed by atoms with Crippen molar-refractivity contribution < 1.29 is 9.59 Å². The molecule has 6 heteroatoms. The highest BCUT2D eigenvalue weighted by Crippen LogP contribution is 2.32. The van der Waals surface area contributed by atoms with Crippen LogP contribution >= 0.6 is 11.6 Å². The van der Waals surface area contributed by atoms with E-state index in [1.54, 1.807) is 12.1 Å². The number of amides is 2. The number of hydrogen-bond donors (Lipinski definition) is 2. The number of benzene rings is 1. The van der Waals surface area contributed by atoms with E-state index in [9.17, 15) is 9.59 Å². The van der Waals surface area contributed by atoms with Gasteiger partial charge in [0.25, 0.3) is 0 Å². The first-order valence-corrected chi connectivity index (χ1v) is 7.74. The summed E-state index contributed by atoms with van der Waals surface area (Å²) in [5.74, 6) is -0.151. The van der Waals surface area contributed by atoms with Crippen LogP contribution in [0.3, 0.4) is 0 Å². The van der Waals surface area contributed by atoms with Crippen LogP contribution in [0, 0.1) is 0 Å². The second-order valence-electron chi connectivity index (χ2n) is 5.65. The van der Waals surface area contributed by atoms with E-state index in [2.05, 4.69) is 10.6 Å². The van der Waals surface area contributed by atoms with Crippen molar-refractivity contribution in [3.8, 4) is 0 Å². The molecule has 0 aliphatic carbocycles. The summed E-state index contributed by atoms with van der Waals surface area (Å²) < 4.78 is 0. The van der Waals surface area contributed by atoms with Crippen LogP contribution < -0.4 is 15.5 Å². The van der Waals surface area contributed by atoms with Crippen molar-refractivity contribution >= 4 is 34.8 Å². The summed E-state index contributed by atoms with van der Waals surface area (Å²) in [6, 6.07) is 5.50. The molecule has 0 heterocycles. The molecule has 0 fully saturated rings. The lowest BCUT2D eigenvalue weighted by Crippen LogP contribution is -2.30. The zero-order valence-corrected chi connectivity index (χ0v) is 14.3. The normalized spacial score (nSPS) is 10.5. The third-order valence-corrected chi connectivity index (χ3v) is 3.27. The topological polar surface area (TPSA) is 61.4 Å². The van der Waals surface area contributed by atoms with Gasteiger partial charge in [-0.1, -0.05) is 17.7 Å². The molecule has 0 unspecified atom stereocenters. The van der Waals surface area contributed by atoms with E-state index >= 15 is 0 Å². The fraction of sp³-hybridized carbons (Fsp3) is 0.500. The number of anilines is 2. The summed E-state index contributed by atoms with van der Waals surface area (Å²) in [6.07, 6.45) is 1.16. The first kappa shape index (κ1) is 18.3. The predicted octanol–water partition coefficient (Wildman–Crippen LogP) is 3.04. The summed E-state index contributed by atoms with van der Waals surface area (Å²) in [7, 11) is 3.74. The quantitative estimate of drug-likeness (QED) is 0.810. The van der Waals surface area contributed by atoms with Crippen LogP contribution in [0.1, 0.15) is 33.1 Å². The number of para-hydroxylation sites is 1. The van der Waals surface area contributed by atoms with Crippen molar-refractivity contribution in [2.45, 2.75) is 39.2 Å². The van der Waals surface area contributed by atoms with Gasteiger partial charge in [-0.2, -0.15) is 0 Å². The highest BCUT2D eigenvalue weighted by molar-refractivity contribution is 6.34. The standard InChI is InChI=1S/C16H24ClN3O2/c1-11(2)18-14(21)9-6-10-15(22)19-13-8-5-7-12(17)16(13)20(3)4/h5,7-8,11H,6,9-10H2,1-4H3,(H,18,21)(H,19,22). The van der Waals surface area contributed by atoms with Crippen LogP contribution in [0.15, 0.2) is 18.2 Å². The van der Waals surface area contributed by atoms with Crippen molar-refractivity contribution in [3.63, 3.8) is 0 Å². The maximum Gasteiger partial charge on any atom is 0.224 e. The number of rotatable bonds is 7. The number of carbonyl (C=O) groups excluding carboxylic acids is 2. The number of hydrogen-bond acceptors (Lipinski definition) is 3. The van der Waals surface area contributed by atoms with Crippen LogP contribution in [0.5, 0.6) is 0 Å².